The Bertz CT molecular complexity index is 1650. The Labute approximate surface area is 325 Å². The summed E-state index contributed by atoms with van der Waals surface area (Å²) >= 11 is 1.55. The average molecular weight is 769 g/mol. The van der Waals surface area contributed by atoms with Crippen molar-refractivity contribution >= 4 is 3.21 Å². The molecule has 0 nitrogen and oxygen atoms in total. The van der Waals surface area contributed by atoms with Crippen LogP contribution in [0.25, 0.3) is 11.1 Å². The van der Waals surface area contributed by atoms with E-state index in [0.29, 0.717) is 5.41 Å². The molecule has 1 aliphatic carbocycles. The van der Waals surface area contributed by atoms with Gasteiger partial charge in [0.25, 0.3) is 0 Å². The first-order valence-corrected chi connectivity index (χ1v) is 18.3. The van der Waals surface area contributed by atoms with Gasteiger partial charge in [0.15, 0.2) is 0 Å². The fourth-order valence-corrected chi connectivity index (χ4v) is 6.81. The van der Waals surface area contributed by atoms with E-state index in [0.717, 1.165) is 19.3 Å². The molecule has 258 valence electrons. The zero-order valence-electron chi connectivity index (χ0n) is 31.3. The number of rotatable bonds is 4. The van der Waals surface area contributed by atoms with E-state index in [1.54, 1.807) is 27.4 Å². The molecule has 0 aromatic heterocycles. The molecule has 0 atom stereocenters. The minimum absolute atomic E-state index is 0. The first-order chi connectivity index (χ1) is 22.0. The minimum atomic E-state index is 0. The molecular formula is C46H54Cl2Zr-2. The van der Waals surface area contributed by atoms with Gasteiger partial charge in [-0.2, -0.15) is 47.0 Å². The molecule has 5 aromatic carbocycles. The predicted octanol–water partition coefficient (Wildman–Crippen LogP) is 5.86. The summed E-state index contributed by atoms with van der Waals surface area (Å²) < 4.78 is 1.60. The standard InChI is InChI=1S/C21H25.C15H14.C10H15.2ClH.Zr/c1-20(2,3)16-7-9-18-14(12-16)11-15-13-17(21(4,5)6)8-10-19(15)18;1-3-8-14(9-4-1)12-7-13-15-10-5-2-6-11-15;1-8-5-6-9(7-8)10(2,3)4;;;/h7-10,12H,11H2,1-6H3;1-6,8-11H,12-13H2;5-7H,1-4H3;2*1H;/q-1;;-1;;;+2/p-2. The van der Waals surface area contributed by atoms with Crippen LogP contribution in [0.3, 0.4) is 0 Å². The number of aryl methyl sites for hydroxylation is 1. The summed E-state index contributed by atoms with van der Waals surface area (Å²) in [5, 5.41) is 0. The van der Waals surface area contributed by atoms with Gasteiger partial charge < -0.3 is 24.8 Å². The van der Waals surface area contributed by atoms with Gasteiger partial charge in [0.1, 0.15) is 0 Å². The van der Waals surface area contributed by atoms with Crippen molar-refractivity contribution in [3.63, 3.8) is 0 Å². The van der Waals surface area contributed by atoms with Crippen LogP contribution < -0.4 is 24.8 Å². The summed E-state index contributed by atoms with van der Waals surface area (Å²) in [4.78, 5) is 0. The van der Waals surface area contributed by atoms with E-state index in [-0.39, 0.29) is 35.6 Å². The molecule has 49 heavy (non-hydrogen) atoms. The SMILES string of the molecule is CC(C)(C)c1[c-]c2c(cc1)-c1ccc(C(C)(C)C)cc1C2.Cc1cc(C(C)(C)C)c[cH-]1.[Cl-].[Cl-].[Zr+2]=[C](Cc1ccccc1)Cc1ccccc1. The molecule has 0 spiro atoms. The third kappa shape index (κ3) is 12.7. The monoisotopic (exact) mass is 766 g/mol. The van der Waals surface area contributed by atoms with Crippen LogP contribution in [0.4, 0.5) is 0 Å². The van der Waals surface area contributed by atoms with Gasteiger partial charge >= 0.3 is 112 Å². The van der Waals surface area contributed by atoms with Gasteiger partial charge in [0.05, 0.1) is 0 Å². The van der Waals surface area contributed by atoms with Crippen LogP contribution in [0.2, 0.25) is 0 Å². The van der Waals surface area contributed by atoms with E-state index < -0.39 is 0 Å². The van der Waals surface area contributed by atoms with Gasteiger partial charge in [0.2, 0.25) is 0 Å². The number of hydrogen-bond donors (Lipinski definition) is 0. The Morgan fingerprint density at radius 2 is 1.14 bits per heavy atom. The van der Waals surface area contributed by atoms with Gasteiger partial charge in [-0.25, -0.2) is 6.07 Å². The predicted molar refractivity (Wildman–Crippen MR) is 202 cm³/mol. The Kier molecular flexibility index (Phi) is 15.8. The third-order valence-electron chi connectivity index (χ3n) is 8.76. The first kappa shape index (κ1) is 42.7. The topological polar surface area (TPSA) is 0 Å². The summed E-state index contributed by atoms with van der Waals surface area (Å²) in [5.41, 5.74) is 14.7. The second-order valence-corrected chi connectivity index (χ2v) is 17.9. The van der Waals surface area contributed by atoms with Crippen LogP contribution in [-0.4, -0.2) is 3.21 Å². The zero-order chi connectivity index (χ0) is 34.4. The molecule has 0 unspecified atom stereocenters. The third-order valence-corrected chi connectivity index (χ3v) is 9.63. The van der Waals surface area contributed by atoms with E-state index in [2.05, 4.69) is 184 Å². The van der Waals surface area contributed by atoms with E-state index in [9.17, 15) is 0 Å². The maximum absolute atomic E-state index is 3.67. The quantitative estimate of drug-likeness (QED) is 0.197. The molecule has 0 amide bonds. The molecule has 6 rings (SSSR count). The fourth-order valence-electron chi connectivity index (χ4n) is 5.80. The molecule has 0 radical (unpaired) electrons. The van der Waals surface area contributed by atoms with Crippen molar-refractivity contribution in [2.45, 2.75) is 105 Å². The summed E-state index contributed by atoms with van der Waals surface area (Å²) in [6, 6.07) is 43.2. The molecule has 5 aromatic rings. The Morgan fingerprint density at radius 1 is 0.633 bits per heavy atom. The van der Waals surface area contributed by atoms with Crippen LogP contribution in [0.15, 0.2) is 109 Å². The zero-order valence-corrected chi connectivity index (χ0v) is 35.2. The number of benzene rings is 4. The van der Waals surface area contributed by atoms with E-state index >= 15 is 0 Å². The molecule has 0 aliphatic heterocycles. The fraction of sp³-hybridized carbons (Fsp3) is 0.348. The van der Waals surface area contributed by atoms with E-state index in [1.807, 2.05) is 0 Å². The van der Waals surface area contributed by atoms with Crippen LogP contribution in [0, 0.1) is 13.0 Å². The molecule has 1 aliphatic rings. The Hall–Kier alpha value is -2.44. The Balaban J connectivity index is 0.000000265. The van der Waals surface area contributed by atoms with Gasteiger partial charge in [-0.15, -0.1) is 11.1 Å². The van der Waals surface area contributed by atoms with Gasteiger partial charge in [-0.1, -0.05) is 98.4 Å². The van der Waals surface area contributed by atoms with Crippen molar-refractivity contribution in [1.29, 1.82) is 0 Å². The summed E-state index contributed by atoms with van der Waals surface area (Å²) in [6.45, 7) is 22.4. The van der Waals surface area contributed by atoms with Crippen molar-refractivity contribution in [3.8, 4) is 11.1 Å². The van der Waals surface area contributed by atoms with Gasteiger partial charge in [0, 0.05) is 0 Å². The van der Waals surface area contributed by atoms with Crippen LogP contribution in [0.1, 0.15) is 107 Å². The summed E-state index contributed by atoms with van der Waals surface area (Å²) in [5.74, 6) is 0. The second kappa shape index (κ2) is 18.2. The number of hydrogen-bond acceptors (Lipinski definition) is 0. The molecule has 0 N–H and O–H groups in total. The van der Waals surface area contributed by atoms with Gasteiger partial charge in [-0.05, 0) is 28.4 Å². The van der Waals surface area contributed by atoms with Crippen molar-refractivity contribution in [2.24, 2.45) is 0 Å². The summed E-state index contributed by atoms with van der Waals surface area (Å²) in [6.07, 6.45) is 3.26. The molecule has 0 saturated carbocycles. The first-order valence-electron chi connectivity index (χ1n) is 17.1. The van der Waals surface area contributed by atoms with Gasteiger partial charge in [-0.3, -0.25) is 0 Å². The van der Waals surface area contributed by atoms with Crippen molar-refractivity contribution in [1.82, 2.24) is 0 Å². The van der Waals surface area contributed by atoms with Crippen molar-refractivity contribution in [3.05, 3.63) is 160 Å². The number of halogens is 2. The molecule has 3 heteroatoms. The van der Waals surface area contributed by atoms with E-state index in [1.165, 1.54) is 55.6 Å². The van der Waals surface area contributed by atoms with Crippen molar-refractivity contribution in [2.75, 3.05) is 0 Å². The van der Waals surface area contributed by atoms with Crippen molar-refractivity contribution < 1.29 is 49.0 Å². The molecule has 0 bridgehead atoms. The molecule has 0 saturated heterocycles. The van der Waals surface area contributed by atoms with E-state index in [4.69, 9.17) is 0 Å². The number of fused-ring (bicyclic) bond motifs is 3. The van der Waals surface area contributed by atoms with Crippen LogP contribution >= 0.6 is 0 Å². The average Bonchev–Trinajstić information content (AvgIpc) is 3.61. The molecule has 0 heterocycles. The molecule has 0 fully saturated rings. The second-order valence-electron chi connectivity index (χ2n) is 16.2. The Morgan fingerprint density at radius 3 is 1.57 bits per heavy atom. The molecular weight excluding hydrogens is 715 g/mol. The van der Waals surface area contributed by atoms with Crippen LogP contribution in [-0.2, 0) is 59.7 Å². The van der Waals surface area contributed by atoms with Crippen LogP contribution in [0.5, 0.6) is 0 Å². The maximum atomic E-state index is 3.67. The normalized spacial score (nSPS) is 11.8. The summed E-state index contributed by atoms with van der Waals surface area (Å²) in [7, 11) is 0.